The summed E-state index contributed by atoms with van der Waals surface area (Å²) in [5.41, 5.74) is 5.53. The largest absolute Gasteiger partial charge is 0.375 e. The number of amides is 4. The monoisotopic (exact) mass is 396 g/mol. The van der Waals surface area contributed by atoms with Crippen molar-refractivity contribution in [3.8, 4) is 0 Å². The molecule has 0 aromatic heterocycles. The van der Waals surface area contributed by atoms with Crippen molar-refractivity contribution in [3.05, 3.63) is 0 Å². The van der Waals surface area contributed by atoms with Crippen LogP contribution in [0.2, 0.25) is 0 Å². The maximum atomic E-state index is 13.0. The number of nitrogens with two attached hydrogens (primary N) is 1. The van der Waals surface area contributed by atoms with E-state index in [-0.39, 0.29) is 31.5 Å². The lowest BCUT2D eigenvalue weighted by molar-refractivity contribution is -0.150. The van der Waals surface area contributed by atoms with Crippen LogP contribution in [-0.2, 0) is 23.9 Å². The highest BCUT2D eigenvalue weighted by atomic mass is 16.5. The number of hydrogen-bond acceptors (Lipinski definition) is 5. The molecule has 0 aromatic rings. The zero-order valence-electron chi connectivity index (χ0n) is 16.8. The van der Waals surface area contributed by atoms with Gasteiger partial charge in [0.1, 0.15) is 18.7 Å². The maximum Gasteiger partial charge on any atom is 0.249 e. The molecule has 3 N–H and O–H groups in total. The second kappa shape index (κ2) is 10.4. The van der Waals surface area contributed by atoms with Crippen LogP contribution in [0.4, 0.5) is 0 Å². The van der Waals surface area contributed by atoms with Crippen LogP contribution < -0.4 is 11.1 Å². The Morgan fingerprint density at radius 3 is 2.39 bits per heavy atom. The van der Waals surface area contributed by atoms with Gasteiger partial charge in [-0.25, -0.2) is 0 Å². The topological polar surface area (TPSA) is 122 Å². The summed E-state index contributed by atoms with van der Waals surface area (Å²) in [5, 5.41) is 2.73. The van der Waals surface area contributed by atoms with E-state index in [0.29, 0.717) is 18.9 Å². The van der Waals surface area contributed by atoms with Crippen LogP contribution in [0.1, 0.15) is 45.4 Å². The molecule has 0 aromatic carbocycles. The fraction of sp³-hybridized carbons (Fsp3) is 0.789. The number of ether oxygens (including phenoxy) is 1. The molecule has 1 aliphatic carbocycles. The minimum absolute atomic E-state index is 0.0888. The molecule has 1 heterocycles. The SMILES string of the molecule is COCC(=O)N1CCN(C(C)=O)C[C@H]1C(=O)N[C@@H](CC1CCCCC1)C(N)=O. The molecule has 4 amide bonds. The van der Waals surface area contributed by atoms with Gasteiger partial charge in [-0.3, -0.25) is 19.2 Å². The predicted molar refractivity (Wildman–Crippen MR) is 102 cm³/mol. The van der Waals surface area contributed by atoms with Crippen LogP contribution in [-0.4, -0.2) is 78.9 Å². The molecule has 9 nitrogen and oxygen atoms in total. The van der Waals surface area contributed by atoms with Crippen LogP contribution in [0, 0.1) is 5.92 Å². The lowest BCUT2D eigenvalue weighted by Crippen LogP contribution is -2.63. The van der Waals surface area contributed by atoms with Crippen molar-refractivity contribution in [3.63, 3.8) is 0 Å². The number of nitrogens with one attached hydrogen (secondary N) is 1. The first kappa shape index (κ1) is 22.1. The number of carbonyl (C=O) groups excluding carboxylic acids is 4. The average molecular weight is 396 g/mol. The molecule has 2 aliphatic rings. The van der Waals surface area contributed by atoms with Gasteiger partial charge in [-0.1, -0.05) is 32.1 Å². The molecule has 28 heavy (non-hydrogen) atoms. The van der Waals surface area contributed by atoms with E-state index in [4.69, 9.17) is 10.5 Å². The van der Waals surface area contributed by atoms with E-state index in [2.05, 4.69) is 5.32 Å². The Kier molecular flexibility index (Phi) is 8.22. The van der Waals surface area contributed by atoms with Crippen molar-refractivity contribution in [2.45, 2.75) is 57.5 Å². The maximum absolute atomic E-state index is 13.0. The third-order valence-corrected chi connectivity index (χ3v) is 5.67. The van der Waals surface area contributed by atoms with Crippen LogP contribution in [0.5, 0.6) is 0 Å². The number of carbonyl (C=O) groups is 4. The van der Waals surface area contributed by atoms with Gasteiger partial charge in [0.2, 0.25) is 23.6 Å². The average Bonchev–Trinajstić information content (AvgIpc) is 2.67. The minimum Gasteiger partial charge on any atom is -0.375 e. The molecule has 2 fully saturated rings. The number of nitrogens with zero attached hydrogens (tertiary/aromatic N) is 2. The summed E-state index contributed by atoms with van der Waals surface area (Å²) in [5.74, 6) is -1.17. The van der Waals surface area contributed by atoms with E-state index in [0.717, 1.165) is 25.7 Å². The third-order valence-electron chi connectivity index (χ3n) is 5.67. The zero-order valence-corrected chi connectivity index (χ0v) is 16.8. The van der Waals surface area contributed by atoms with Crippen molar-refractivity contribution in [2.75, 3.05) is 33.4 Å². The second-order valence-electron chi connectivity index (χ2n) is 7.70. The Bertz CT molecular complexity index is 591. The van der Waals surface area contributed by atoms with Gasteiger partial charge >= 0.3 is 0 Å². The Labute approximate surface area is 165 Å². The standard InChI is InChI=1S/C19H32N4O5/c1-13(24)22-8-9-23(17(25)12-28-2)16(11-22)19(27)21-15(18(20)26)10-14-6-4-3-5-7-14/h14-16H,3-12H2,1-2H3,(H2,20,26)(H,21,27)/t15-,16-/m0/s1. The van der Waals surface area contributed by atoms with E-state index in [1.807, 2.05) is 0 Å². The van der Waals surface area contributed by atoms with E-state index in [1.54, 1.807) is 0 Å². The molecule has 158 valence electrons. The first-order valence-electron chi connectivity index (χ1n) is 9.97. The number of methoxy groups -OCH3 is 1. The molecular formula is C19H32N4O5. The Morgan fingerprint density at radius 1 is 1.14 bits per heavy atom. The van der Waals surface area contributed by atoms with Crippen LogP contribution >= 0.6 is 0 Å². The molecule has 1 saturated carbocycles. The Hall–Kier alpha value is -2.16. The number of primary amides is 1. The predicted octanol–water partition coefficient (Wildman–Crippen LogP) is -0.367. The van der Waals surface area contributed by atoms with Crippen LogP contribution in [0.15, 0.2) is 0 Å². The molecule has 0 unspecified atom stereocenters. The van der Waals surface area contributed by atoms with Crippen LogP contribution in [0.3, 0.4) is 0 Å². The highest BCUT2D eigenvalue weighted by Crippen LogP contribution is 2.27. The number of hydrogen-bond donors (Lipinski definition) is 2. The summed E-state index contributed by atoms with van der Waals surface area (Å²) in [6, 6.07) is -1.64. The molecule has 9 heteroatoms. The molecule has 0 bridgehead atoms. The van der Waals surface area contributed by atoms with E-state index >= 15 is 0 Å². The Balaban J connectivity index is 2.08. The van der Waals surface area contributed by atoms with Crippen molar-refractivity contribution >= 4 is 23.6 Å². The fourth-order valence-electron chi connectivity index (χ4n) is 4.07. The first-order chi connectivity index (χ1) is 13.3. The highest BCUT2D eigenvalue weighted by Gasteiger charge is 2.37. The van der Waals surface area contributed by atoms with E-state index in [9.17, 15) is 19.2 Å². The highest BCUT2D eigenvalue weighted by molar-refractivity contribution is 5.92. The molecular weight excluding hydrogens is 364 g/mol. The van der Waals surface area contributed by atoms with Crippen molar-refractivity contribution in [1.29, 1.82) is 0 Å². The molecule has 1 saturated heterocycles. The summed E-state index contributed by atoms with van der Waals surface area (Å²) < 4.78 is 4.90. The third kappa shape index (κ3) is 5.92. The second-order valence-corrected chi connectivity index (χ2v) is 7.70. The smallest absolute Gasteiger partial charge is 0.249 e. The normalized spacial score (nSPS) is 21.9. The van der Waals surface area contributed by atoms with E-state index in [1.165, 1.54) is 30.3 Å². The molecule has 1 aliphatic heterocycles. The quantitative estimate of drug-likeness (QED) is 0.608. The van der Waals surface area contributed by atoms with Gasteiger partial charge in [-0.2, -0.15) is 0 Å². The van der Waals surface area contributed by atoms with Gasteiger partial charge in [0.05, 0.1) is 6.54 Å². The molecule has 0 radical (unpaired) electrons. The fourth-order valence-corrected chi connectivity index (χ4v) is 4.07. The summed E-state index contributed by atoms with van der Waals surface area (Å²) in [6.07, 6.45) is 6.01. The van der Waals surface area contributed by atoms with Gasteiger partial charge in [0.15, 0.2) is 0 Å². The van der Waals surface area contributed by atoms with Crippen molar-refractivity contribution in [2.24, 2.45) is 11.7 Å². The Morgan fingerprint density at radius 2 is 1.82 bits per heavy atom. The lowest BCUT2D eigenvalue weighted by atomic mass is 9.84. The minimum atomic E-state index is -0.867. The lowest BCUT2D eigenvalue weighted by Gasteiger charge is -2.40. The van der Waals surface area contributed by atoms with Gasteiger partial charge in [-0.15, -0.1) is 0 Å². The van der Waals surface area contributed by atoms with Gasteiger partial charge in [0, 0.05) is 27.1 Å². The van der Waals surface area contributed by atoms with E-state index < -0.39 is 23.9 Å². The van der Waals surface area contributed by atoms with Gasteiger partial charge in [-0.05, 0) is 12.3 Å². The molecule has 0 spiro atoms. The zero-order chi connectivity index (χ0) is 20.7. The summed E-state index contributed by atoms with van der Waals surface area (Å²) in [4.78, 5) is 51.9. The molecule has 2 atom stereocenters. The number of rotatable bonds is 7. The molecule has 2 rings (SSSR count). The summed E-state index contributed by atoms with van der Waals surface area (Å²) in [6.45, 7) is 1.97. The first-order valence-corrected chi connectivity index (χ1v) is 9.97. The van der Waals surface area contributed by atoms with Crippen molar-refractivity contribution in [1.82, 2.24) is 15.1 Å². The van der Waals surface area contributed by atoms with Crippen LogP contribution in [0.25, 0.3) is 0 Å². The van der Waals surface area contributed by atoms with Crippen molar-refractivity contribution < 1.29 is 23.9 Å². The number of piperazine rings is 1. The van der Waals surface area contributed by atoms with Gasteiger partial charge in [0.25, 0.3) is 0 Å². The summed E-state index contributed by atoms with van der Waals surface area (Å²) in [7, 11) is 1.41. The summed E-state index contributed by atoms with van der Waals surface area (Å²) >= 11 is 0. The van der Waals surface area contributed by atoms with Gasteiger partial charge < -0.3 is 25.6 Å².